The summed E-state index contributed by atoms with van der Waals surface area (Å²) >= 11 is 0. The Hall–Kier alpha value is -1.59. The van der Waals surface area contributed by atoms with Crippen molar-refractivity contribution < 1.29 is 14.3 Å². The van der Waals surface area contributed by atoms with Gasteiger partial charge in [0.2, 0.25) is 0 Å². The second kappa shape index (κ2) is 5.65. The van der Waals surface area contributed by atoms with Gasteiger partial charge in [0.15, 0.2) is 5.78 Å². The lowest BCUT2D eigenvalue weighted by molar-refractivity contribution is -0.134. The second-order valence-corrected chi connectivity index (χ2v) is 3.89. The SMILES string of the molecule is Nc1ccc(OCC(=O)C2CNCCO2)cc1. The van der Waals surface area contributed by atoms with Crippen LogP contribution in [0.3, 0.4) is 0 Å². The Morgan fingerprint density at radius 3 is 2.88 bits per heavy atom. The molecule has 5 heteroatoms. The van der Waals surface area contributed by atoms with E-state index >= 15 is 0 Å². The number of hydrogen-bond donors (Lipinski definition) is 2. The van der Waals surface area contributed by atoms with Gasteiger partial charge in [-0.25, -0.2) is 0 Å². The minimum absolute atomic E-state index is 0.0241. The summed E-state index contributed by atoms with van der Waals surface area (Å²) in [6.07, 6.45) is -0.391. The second-order valence-electron chi connectivity index (χ2n) is 3.89. The molecular formula is C12H16N2O3. The van der Waals surface area contributed by atoms with Gasteiger partial charge in [0, 0.05) is 18.8 Å². The molecule has 3 N–H and O–H groups in total. The Morgan fingerprint density at radius 2 is 2.24 bits per heavy atom. The van der Waals surface area contributed by atoms with E-state index in [4.69, 9.17) is 15.2 Å². The fraction of sp³-hybridized carbons (Fsp3) is 0.417. The molecule has 0 bridgehead atoms. The molecule has 1 saturated heterocycles. The first-order valence-electron chi connectivity index (χ1n) is 5.59. The molecule has 0 saturated carbocycles. The molecule has 1 aromatic rings. The van der Waals surface area contributed by atoms with E-state index < -0.39 is 6.10 Å². The summed E-state index contributed by atoms with van der Waals surface area (Å²) in [7, 11) is 0. The van der Waals surface area contributed by atoms with E-state index in [0.717, 1.165) is 6.54 Å². The van der Waals surface area contributed by atoms with E-state index in [0.29, 0.717) is 24.6 Å². The van der Waals surface area contributed by atoms with Crippen LogP contribution in [0.4, 0.5) is 5.69 Å². The molecule has 1 aromatic carbocycles. The summed E-state index contributed by atoms with van der Waals surface area (Å²) in [6.45, 7) is 1.95. The molecule has 1 fully saturated rings. The number of ether oxygens (including phenoxy) is 2. The molecule has 0 aromatic heterocycles. The third-order valence-corrected chi connectivity index (χ3v) is 2.55. The van der Waals surface area contributed by atoms with Crippen LogP contribution in [0.5, 0.6) is 5.75 Å². The summed E-state index contributed by atoms with van der Waals surface area (Å²) in [5.74, 6) is 0.588. The van der Waals surface area contributed by atoms with Gasteiger partial charge in [-0.2, -0.15) is 0 Å². The highest BCUT2D eigenvalue weighted by Gasteiger charge is 2.21. The fourth-order valence-electron chi connectivity index (χ4n) is 1.58. The average Bonchev–Trinajstić information content (AvgIpc) is 2.39. The normalized spacial score (nSPS) is 19.9. The molecule has 1 atom stereocenters. The molecule has 0 spiro atoms. The molecule has 5 nitrogen and oxygen atoms in total. The van der Waals surface area contributed by atoms with E-state index in [1.807, 2.05) is 0 Å². The van der Waals surface area contributed by atoms with Crippen molar-refractivity contribution in [3.8, 4) is 5.75 Å². The zero-order chi connectivity index (χ0) is 12.1. The van der Waals surface area contributed by atoms with Gasteiger partial charge in [-0.15, -0.1) is 0 Å². The summed E-state index contributed by atoms with van der Waals surface area (Å²) in [4.78, 5) is 11.7. The highest BCUT2D eigenvalue weighted by Crippen LogP contribution is 2.13. The van der Waals surface area contributed by atoms with Crippen LogP contribution in [0.1, 0.15) is 0 Å². The van der Waals surface area contributed by atoms with Crippen molar-refractivity contribution in [1.82, 2.24) is 5.32 Å². The summed E-state index contributed by atoms with van der Waals surface area (Å²) in [5.41, 5.74) is 6.22. The molecule has 0 aliphatic carbocycles. The number of anilines is 1. The van der Waals surface area contributed by atoms with Crippen molar-refractivity contribution in [2.75, 3.05) is 32.0 Å². The Balaban J connectivity index is 1.81. The number of rotatable bonds is 4. The third kappa shape index (κ3) is 3.44. The Kier molecular flexibility index (Phi) is 3.95. The molecule has 1 aliphatic heterocycles. The maximum atomic E-state index is 11.7. The number of Topliss-reactive ketones (excluding diaryl/α,β-unsaturated/α-hetero) is 1. The summed E-state index contributed by atoms with van der Waals surface area (Å²) in [6, 6.07) is 6.95. The van der Waals surface area contributed by atoms with E-state index in [9.17, 15) is 4.79 Å². The highest BCUT2D eigenvalue weighted by molar-refractivity contribution is 5.84. The van der Waals surface area contributed by atoms with Gasteiger partial charge in [0.1, 0.15) is 18.5 Å². The number of benzene rings is 1. The minimum atomic E-state index is -0.391. The maximum Gasteiger partial charge on any atom is 0.200 e. The lowest BCUT2D eigenvalue weighted by Gasteiger charge is -2.22. The smallest absolute Gasteiger partial charge is 0.200 e. The predicted octanol–water partition coefficient (Wildman–Crippen LogP) is 0.205. The Morgan fingerprint density at radius 1 is 1.47 bits per heavy atom. The van der Waals surface area contributed by atoms with Crippen LogP contribution in [0.25, 0.3) is 0 Å². The molecule has 1 unspecified atom stereocenters. The van der Waals surface area contributed by atoms with E-state index in [-0.39, 0.29) is 12.4 Å². The highest BCUT2D eigenvalue weighted by atomic mass is 16.5. The first kappa shape index (κ1) is 11.9. The van der Waals surface area contributed by atoms with Gasteiger partial charge >= 0.3 is 0 Å². The molecular weight excluding hydrogens is 220 g/mol. The summed E-state index contributed by atoms with van der Waals surface area (Å²) in [5, 5.41) is 3.10. The lowest BCUT2D eigenvalue weighted by atomic mass is 10.2. The zero-order valence-corrected chi connectivity index (χ0v) is 9.52. The average molecular weight is 236 g/mol. The predicted molar refractivity (Wildman–Crippen MR) is 64.0 cm³/mol. The van der Waals surface area contributed by atoms with Crippen molar-refractivity contribution in [2.24, 2.45) is 0 Å². The Bertz CT molecular complexity index is 372. The molecule has 1 aliphatic rings. The monoisotopic (exact) mass is 236 g/mol. The summed E-state index contributed by atoms with van der Waals surface area (Å²) < 4.78 is 10.7. The molecule has 1 heterocycles. The van der Waals surface area contributed by atoms with Crippen LogP contribution in [0, 0.1) is 0 Å². The van der Waals surface area contributed by atoms with E-state index in [1.54, 1.807) is 24.3 Å². The maximum absolute atomic E-state index is 11.7. The number of morpholine rings is 1. The molecule has 0 radical (unpaired) electrons. The molecule has 2 rings (SSSR count). The standard InChI is InChI=1S/C12H16N2O3/c13-9-1-3-10(4-2-9)17-8-11(15)12-7-14-5-6-16-12/h1-4,12,14H,5-8,13H2. The number of hydrogen-bond acceptors (Lipinski definition) is 5. The zero-order valence-electron chi connectivity index (χ0n) is 9.52. The van der Waals surface area contributed by atoms with Crippen molar-refractivity contribution in [3.05, 3.63) is 24.3 Å². The van der Waals surface area contributed by atoms with Crippen molar-refractivity contribution >= 4 is 11.5 Å². The van der Waals surface area contributed by atoms with Gasteiger partial charge in [-0.3, -0.25) is 4.79 Å². The quantitative estimate of drug-likeness (QED) is 0.731. The van der Waals surface area contributed by atoms with Gasteiger partial charge < -0.3 is 20.5 Å². The van der Waals surface area contributed by atoms with Gasteiger partial charge in [0.25, 0.3) is 0 Å². The van der Waals surface area contributed by atoms with Crippen molar-refractivity contribution in [1.29, 1.82) is 0 Å². The fourth-order valence-corrected chi connectivity index (χ4v) is 1.58. The van der Waals surface area contributed by atoms with Crippen LogP contribution >= 0.6 is 0 Å². The number of nitrogens with two attached hydrogens (primary N) is 1. The van der Waals surface area contributed by atoms with Gasteiger partial charge in [-0.1, -0.05) is 0 Å². The molecule has 17 heavy (non-hydrogen) atoms. The first-order valence-corrected chi connectivity index (χ1v) is 5.59. The number of carbonyl (C=O) groups excluding carboxylic acids is 1. The first-order chi connectivity index (χ1) is 8.25. The molecule has 0 amide bonds. The molecule has 92 valence electrons. The topological polar surface area (TPSA) is 73.6 Å². The van der Waals surface area contributed by atoms with Crippen LogP contribution in [0.2, 0.25) is 0 Å². The number of ketones is 1. The van der Waals surface area contributed by atoms with E-state index in [1.165, 1.54) is 0 Å². The van der Waals surface area contributed by atoms with E-state index in [2.05, 4.69) is 5.32 Å². The van der Waals surface area contributed by atoms with Gasteiger partial charge in [0.05, 0.1) is 6.61 Å². The van der Waals surface area contributed by atoms with Crippen molar-refractivity contribution in [2.45, 2.75) is 6.10 Å². The van der Waals surface area contributed by atoms with Crippen LogP contribution in [-0.2, 0) is 9.53 Å². The van der Waals surface area contributed by atoms with Crippen LogP contribution in [0.15, 0.2) is 24.3 Å². The number of nitrogen functional groups attached to an aromatic ring is 1. The third-order valence-electron chi connectivity index (χ3n) is 2.55. The largest absolute Gasteiger partial charge is 0.486 e. The number of nitrogens with one attached hydrogen (secondary N) is 1. The Labute approximate surface area is 99.9 Å². The lowest BCUT2D eigenvalue weighted by Crippen LogP contribution is -2.44. The van der Waals surface area contributed by atoms with Crippen LogP contribution < -0.4 is 15.8 Å². The van der Waals surface area contributed by atoms with Crippen LogP contribution in [-0.4, -0.2) is 38.2 Å². The number of carbonyl (C=O) groups is 1. The minimum Gasteiger partial charge on any atom is -0.486 e. The van der Waals surface area contributed by atoms with Crippen molar-refractivity contribution in [3.63, 3.8) is 0 Å². The van der Waals surface area contributed by atoms with Gasteiger partial charge in [-0.05, 0) is 24.3 Å².